The van der Waals surface area contributed by atoms with E-state index in [9.17, 15) is 4.79 Å². The first-order chi connectivity index (χ1) is 14.1. The molecular formula is C23H26N4O2. The molecule has 6 nitrogen and oxygen atoms in total. The van der Waals surface area contributed by atoms with Gasteiger partial charge in [0.25, 0.3) is 0 Å². The summed E-state index contributed by atoms with van der Waals surface area (Å²) < 4.78 is 5.95. The molecule has 0 radical (unpaired) electrons. The van der Waals surface area contributed by atoms with Gasteiger partial charge in [0.05, 0.1) is 23.0 Å². The summed E-state index contributed by atoms with van der Waals surface area (Å²) in [5.74, 6) is 0.891. The minimum absolute atomic E-state index is 0.0884. The fourth-order valence-electron chi connectivity index (χ4n) is 3.62. The maximum atomic E-state index is 12.8. The number of pyridine rings is 1. The predicted octanol–water partition coefficient (Wildman–Crippen LogP) is 4.38. The first-order valence-corrected chi connectivity index (χ1v) is 10.0. The number of nitrogens with one attached hydrogen (secondary N) is 1. The Balaban J connectivity index is 1.42. The van der Waals surface area contributed by atoms with Crippen LogP contribution in [0.3, 0.4) is 0 Å². The zero-order chi connectivity index (χ0) is 20.2. The number of hydrogen-bond acceptors (Lipinski definition) is 4. The van der Waals surface area contributed by atoms with E-state index in [0.29, 0.717) is 13.1 Å². The van der Waals surface area contributed by atoms with Crippen LogP contribution in [0, 0.1) is 0 Å². The van der Waals surface area contributed by atoms with Crippen molar-refractivity contribution >= 4 is 28.3 Å². The third kappa shape index (κ3) is 4.26. The topological polar surface area (TPSA) is 57.7 Å². The van der Waals surface area contributed by atoms with Gasteiger partial charge >= 0.3 is 6.03 Å². The van der Waals surface area contributed by atoms with Crippen LogP contribution in [0.2, 0.25) is 0 Å². The van der Waals surface area contributed by atoms with E-state index in [2.05, 4.69) is 21.3 Å². The summed E-state index contributed by atoms with van der Waals surface area (Å²) in [5, 5.41) is 4.04. The molecule has 3 aromatic rings. The van der Waals surface area contributed by atoms with E-state index in [0.717, 1.165) is 41.1 Å². The lowest BCUT2D eigenvalue weighted by Gasteiger charge is -2.36. The number of nitrogens with zero attached hydrogens (tertiary/aromatic N) is 3. The van der Waals surface area contributed by atoms with Crippen molar-refractivity contribution in [1.82, 2.24) is 9.88 Å². The minimum atomic E-state index is -0.0884. The predicted molar refractivity (Wildman–Crippen MR) is 117 cm³/mol. The summed E-state index contributed by atoms with van der Waals surface area (Å²) in [5.41, 5.74) is 2.63. The first-order valence-electron chi connectivity index (χ1n) is 10.0. The Bertz CT molecular complexity index is 992. The molecular weight excluding hydrogens is 364 g/mol. The van der Waals surface area contributed by atoms with Crippen LogP contribution in [-0.4, -0.2) is 48.2 Å². The molecule has 0 spiro atoms. The number of carbonyl (C=O) groups excluding carboxylic acids is 1. The zero-order valence-corrected chi connectivity index (χ0v) is 16.8. The van der Waals surface area contributed by atoms with Crippen LogP contribution in [0.4, 0.5) is 16.2 Å². The van der Waals surface area contributed by atoms with Gasteiger partial charge in [-0.05, 0) is 38.1 Å². The minimum Gasteiger partial charge on any atom is -0.489 e. The number of fused-ring (bicyclic) bond motifs is 1. The molecule has 4 rings (SSSR count). The van der Waals surface area contributed by atoms with Crippen molar-refractivity contribution in [3.63, 3.8) is 0 Å². The van der Waals surface area contributed by atoms with Crippen molar-refractivity contribution < 1.29 is 9.53 Å². The lowest BCUT2D eigenvalue weighted by atomic mass is 10.2. The van der Waals surface area contributed by atoms with Crippen LogP contribution in [0.15, 0.2) is 60.8 Å². The summed E-state index contributed by atoms with van der Waals surface area (Å²) in [6.45, 7) is 6.89. The van der Waals surface area contributed by atoms with Crippen LogP contribution < -0.4 is 15.0 Å². The number of para-hydroxylation sites is 3. The Morgan fingerprint density at radius 3 is 2.55 bits per heavy atom. The monoisotopic (exact) mass is 390 g/mol. The van der Waals surface area contributed by atoms with Crippen LogP contribution in [0.25, 0.3) is 10.9 Å². The molecule has 1 aromatic heterocycles. The van der Waals surface area contributed by atoms with E-state index >= 15 is 0 Å². The number of carbonyl (C=O) groups is 1. The third-order valence-corrected chi connectivity index (χ3v) is 5.01. The van der Waals surface area contributed by atoms with Gasteiger partial charge in [-0.2, -0.15) is 0 Å². The molecule has 150 valence electrons. The largest absolute Gasteiger partial charge is 0.489 e. The van der Waals surface area contributed by atoms with E-state index in [-0.39, 0.29) is 12.1 Å². The molecule has 2 aromatic carbocycles. The fraction of sp³-hybridized carbons (Fsp3) is 0.304. The molecule has 2 heterocycles. The highest BCUT2D eigenvalue weighted by Gasteiger charge is 2.23. The van der Waals surface area contributed by atoms with Gasteiger partial charge in [0.2, 0.25) is 0 Å². The van der Waals surface area contributed by atoms with E-state index in [1.165, 1.54) is 0 Å². The number of urea groups is 1. The fourth-order valence-corrected chi connectivity index (χ4v) is 3.62. The Hall–Kier alpha value is -3.28. The lowest BCUT2D eigenvalue weighted by molar-refractivity contribution is 0.207. The van der Waals surface area contributed by atoms with Gasteiger partial charge in [-0.1, -0.05) is 30.3 Å². The Kier molecular flexibility index (Phi) is 5.51. The Morgan fingerprint density at radius 2 is 1.76 bits per heavy atom. The quantitative estimate of drug-likeness (QED) is 0.718. The molecule has 6 heteroatoms. The van der Waals surface area contributed by atoms with E-state index in [1.54, 1.807) is 6.20 Å². The van der Waals surface area contributed by atoms with Crippen molar-refractivity contribution in [1.29, 1.82) is 0 Å². The number of rotatable bonds is 4. The molecule has 0 bridgehead atoms. The average molecular weight is 390 g/mol. The van der Waals surface area contributed by atoms with E-state index < -0.39 is 0 Å². The molecule has 2 amide bonds. The number of benzene rings is 2. The molecule has 1 aliphatic rings. The molecule has 1 fully saturated rings. The van der Waals surface area contributed by atoms with E-state index in [1.807, 2.05) is 67.3 Å². The summed E-state index contributed by atoms with van der Waals surface area (Å²) in [6, 6.07) is 17.7. The van der Waals surface area contributed by atoms with Gasteiger partial charge in [0.1, 0.15) is 5.75 Å². The van der Waals surface area contributed by atoms with Crippen molar-refractivity contribution in [3.8, 4) is 5.75 Å². The molecule has 0 aliphatic carbocycles. The Morgan fingerprint density at radius 1 is 1.00 bits per heavy atom. The smallest absolute Gasteiger partial charge is 0.322 e. The molecule has 0 atom stereocenters. The van der Waals surface area contributed by atoms with Gasteiger partial charge in [-0.3, -0.25) is 4.98 Å². The van der Waals surface area contributed by atoms with Gasteiger partial charge in [-0.15, -0.1) is 0 Å². The van der Waals surface area contributed by atoms with E-state index in [4.69, 9.17) is 4.74 Å². The number of anilines is 2. The van der Waals surface area contributed by atoms with Crippen molar-refractivity contribution in [2.75, 3.05) is 36.4 Å². The van der Waals surface area contributed by atoms with Crippen LogP contribution in [-0.2, 0) is 0 Å². The van der Waals surface area contributed by atoms with Gasteiger partial charge in [0.15, 0.2) is 0 Å². The highest BCUT2D eigenvalue weighted by atomic mass is 16.5. The third-order valence-electron chi connectivity index (χ3n) is 5.01. The lowest BCUT2D eigenvalue weighted by Crippen LogP contribution is -2.50. The number of ether oxygens (including phenoxy) is 1. The summed E-state index contributed by atoms with van der Waals surface area (Å²) in [6.07, 6.45) is 1.87. The van der Waals surface area contributed by atoms with Crippen molar-refractivity contribution in [3.05, 3.63) is 60.8 Å². The van der Waals surface area contributed by atoms with Gasteiger partial charge in [0, 0.05) is 37.8 Å². The van der Waals surface area contributed by atoms with Crippen molar-refractivity contribution in [2.24, 2.45) is 0 Å². The first kappa shape index (κ1) is 19.1. The maximum absolute atomic E-state index is 12.8. The number of hydrogen-bond donors (Lipinski definition) is 1. The second-order valence-electron chi connectivity index (χ2n) is 7.42. The maximum Gasteiger partial charge on any atom is 0.322 e. The number of piperazine rings is 1. The Labute approximate surface area is 171 Å². The summed E-state index contributed by atoms with van der Waals surface area (Å²) in [7, 11) is 0. The highest BCUT2D eigenvalue weighted by Crippen LogP contribution is 2.30. The summed E-state index contributed by atoms with van der Waals surface area (Å²) >= 11 is 0. The number of amides is 2. The molecule has 1 saturated heterocycles. The molecule has 1 N–H and O–H groups in total. The SMILES string of the molecule is CC(C)Oc1ccccc1N1CCN(C(=O)Nc2cccc3cccnc23)CC1. The van der Waals surface area contributed by atoms with Crippen LogP contribution in [0.5, 0.6) is 5.75 Å². The molecule has 1 aliphatic heterocycles. The van der Waals surface area contributed by atoms with Crippen molar-refractivity contribution in [2.45, 2.75) is 20.0 Å². The molecule has 29 heavy (non-hydrogen) atoms. The second-order valence-corrected chi connectivity index (χ2v) is 7.42. The zero-order valence-electron chi connectivity index (χ0n) is 16.8. The normalized spacial score (nSPS) is 14.3. The highest BCUT2D eigenvalue weighted by molar-refractivity contribution is 5.99. The van der Waals surface area contributed by atoms with Gasteiger partial charge < -0.3 is 19.9 Å². The average Bonchev–Trinajstić information content (AvgIpc) is 2.74. The summed E-state index contributed by atoms with van der Waals surface area (Å²) in [4.78, 5) is 21.3. The number of aromatic nitrogens is 1. The van der Waals surface area contributed by atoms with Crippen LogP contribution in [0.1, 0.15) is 13.8 Å². The standard InChI is InChI=1S/C23H26N4O2/c1-17(2)29-21-11-4-3-10-20(21)26-13-15-27(16-14-26)23(28)25-19-9-5-7-18-8-6-12-24-22(18)19/h3-12,17H,13-16H2,1-2H3,(H,25,28). The van der Waals surface area contributed by atoms with Gasteiger partial charge in [-0.25, -0.2) is 4.79 Å². The second kappa shape index (κ2) is 8.39. The molecule has 0 unspecified atom stereocenters. The molecule has 0 saturated carbocycles. The van der Waals surface area contributed by atoms with Crippen LogP contribution >= 0.6 is 0 Å².